The Morgan fingerprint density at radius 1 is 1.40 bits per heavy atom. The van der Waals surface area contributed by atoms with Crippen LogP contribution in [-0.4, -0.2) is 27.9 Å². The highest BCUT2D eigenvalue weighted by Crippen LogP contribution is 2.20. The van der Waals surface area contributed by atoms with Gasteiger partial charge in [-0.2, -0.15) is 5.10 Å². The summed E-state index contributed by atoms with van der Waals surface area (Å²) in [5.74, 6) is -0.374. The molecule has 20 heavy (non-hydrogen) atoms. The van der Waals surface area contributed by atoms with Crippen molar-refractivity contribution in [2.45, 2.75) is 12.8 Å². The Hall–Kier alpha value is -2.43. The van der Waals surface area contributed by atoms with E-state index in [1.807, 2.05) is 25.2 Å². The third-order valence-electron chi connectivity index (χ3n) is 3.45. The number of aryl methyl sites for hydroxylation is 1. The lowest BCUT2D eigenvalue weighted by molar-refractivity contribution is -0.117. The number of aromatic nitrogens is 2. The summed E-state index contributed by atoms with van der Waals surface area (Å²) in [6.45, 7) is 0.780. The van der Waals surface area contributed by atoms with Crippen LogP contribution >= 0.6 is 0 Å². The molecule has 102 valence electrons. The van der Waals surface area contributed by atoms with Crippen LogP contribution in [0.25, 0.3) is 0 Å². The molecule has 0 saturated heterocycles. The molecule has 3 rings (SSSR count). The van der Waals surface area contributed by atoms with Crippen molar-refractivity contribution in [3.8, 4) is 0 Å². The zero-order valence-electron chi connectivity index (χ0n) is 11.3. The third kappa shape index (κ3) is 2.22. The van der Waals surface area contributed by atoms with Crippen LogP contribution in [0.4, 0.5) is 0 Å². The van der Waals surface area contributed by atoms with Gasteiger partial charge in [-0.15, -0.1) is 0 Å². The fourth-order valence-corrected chi connectivity index (χ4v) is 2.57. The first-order chi connectivity index (χ1) is 9.65. The number of rotatable bonds is 3. The highest BCUT2D eigenvalue weighted by molar-refractivity contribution is 6.13. The lowest BCUT2D eigenvalue weighted by Gasteiger charge is -2.16. The molecule has 0 bridgehead atoms. The Labute approximate surface area is 117 Å². The van der Waals surface area contributed by atoms with E-state index in [1.54, 1.807) is 4.68 Å². The molecular formula is C15H16N4O. The van der Waals surface area contributed by atoms with Gasteiger partial charge in [-0.1, -0.05) is 24.3 Å². The predicted octanol–water partition coefficient (Wildman–Crippen LogP) is 0.841. The summed E-state index contributed by atoms with van der Waals surface area (Å²) in [6, 6.07) is 10.2. The molecule has 0 saturated carbocycles. The van der Waals surface area contributed by atoms with Crippen LogP contribution in [0.15, 0.2) is 35.3 Å². The number of benzene rings is 1. The van der Waals surface area contributed by atoms with Crippen molar-refractivity contribution in [2.24, 2.45) is 17.8 Å². The van der Waals surface area contributed by atoms with E-state index < -0.39 is 0 Å². The average molecular weight is 268 g/mol. The molecular weight excluding hydrogens is 252 g/mol. The number of primary amides is 1. The van der Waals surface area contributed by atoms with Gasteiger partial charge in [0.25, 0.3) is 0 Å². The summed E-state index contributed by atoms with van der Waals surface area (Å²) in [5, 5.41) is 4.33. The van der Waals surface area contributed by atoms with E-state index in [-0.39, 0.29) is 12.3 Å². The number of nitrogens with two attached hydrogens (primary N) is 1. The fraction of sp³-hybridized carbons (Fsp3) is 0.267. The van der Waals surface area contributed by atoms with E-state index in [0.29, 0.717) is 5.69 Å². The van der Waals surface area contributed by atoms with Gasteiger partial charge in [0.2, 0.25) is 5.91 Å². The molecule has 0 radical (unpaired) electrons. The zero-order valence-corrected chi connectivity index (χ0v) is 11.3. The first kappa shape index (κ1) is 12.6. The lowest BCUT2D eigenvalue weighted by Crippen LogP contribution is -2.17. The number of hydrogen-bond donors (Lipinski definition) is 1. The average Bonchev–Trinajstić information content (AvgIpc) is 2.78. The van der Waals surface area contributed by atoms with Gasteiger partial charge >= 0.3 is 0 Å². The number of nitrogens with zero attached hydrogens (tertiary/aromatic N) is 3. The second-order valence-electron chi connectivity index (χ2n) is 4.93. The first-order valence-electron chi connectivity index (χ1n) is 6.59. The molecule has 1 aliphatic rings. The molecule has 0 unspecified atom stereocenters. The highest BCUT2D eigenvalue weighted by atomic mass is 16.1. The van der Waals surface area contributed by atoms with Crippen molar-refractivity contribution in [2.75, 3.05) is 6.54 Å². The smallest absolute Gasteiger partial charge is 0.223 e. The van der Waals surface area contributed by atoms with Crippen LogP contribution in [-0.2, 0) is 24.7 Å². The number of aliphatic imine (C=N–C) groups is 1. The van der Waals surface area contributed by atoms with Crippen LogP contribution in [0.3, 0.4) is 0 Å². The van der Waals surface area contributed by atoms with Gasteiger partial charge in [0.1, 0.15) is 0 Å². The standard InChI is InChI=1S/C15H16N4O/c1-19-13(8-11(18-19)9-14(16)20)15-12-5-3-2-4-10(12)6-7-17-15/h2-5,8H,6-7,9H2,1H3,(H2,16,20). The molecule has 0 aliphatic carbocycles. The second-order valence-corrected chi connectivity index (χ2v) is 4.93. The lowest BCUT2D eigenvalue weighted by atomic mass is 9.96. The molecule has 1 aromatic carbocycles. The van der Waals surface area contributed by atoms with Gasteiger partial charge in [-0.05, 0) is 18.1 Å². The molecule has 1 aliphatic heterocycles. The number of fused-ring (bicyclic) bond motifs is 1. The molecule has 0 fully saturated rings. The van der Waals surface area contributed by atoms with Crippen molar-refractivity contribution in [3.63, 3.8) is 0 Å². The van der Waals surface area contributed by atoms with Crippen LogP contribution in [0, 0.1) is 0 Å². The van der Waals surface area contributed by atoms with Gasteiger partial charge < -0.3 is 5.73 Å². The van der Waals surface area contributed by atoms with E-state index in [9.17, 15) is 4.79 Å². The number of carbonyl (C=O) groups is 1. The van der Waals surface area contributed by atoms with E-state index in [0.717, 1.165) is 29.9 Å². The number of amides is 1. The maximum atomic E-state index is 11.0. The fourth-order valence-electron chi connectivity index (χ4n) is 2.57. The van der Waals surface area contributed by atoms with Crippen molar-refractivity contribution >= 4 is 11.6 Å². The van der Waals surface area contributed by atoms with E-state index in [2.05, 4.69) is 22.2 Å². The molecule has 0 atom stereocenters. The minimum atomic E-state index is -0.374. The summed E-state index contributed by atoms with van der Waals surface area (Å²) < 4.78 is 1.76. The van der Waals surface area contributed by atoms with Crippen molar-refractivity contribution < 1.29 is 4.79 Å². The Bertz CT molecular complexity index is 700. The van der Waals surface area contributed by atoms with E-state index >= 15 is 0 Å². The SMILES string of the molecule is Cn1nc(CC(N)=O)cc1C1=NCCc2ccccc21. The predicted molar refractivity (Wildman–Crippen MR) is 76.8 cm³/mol. The molecule has 1 aromatic heterocycles. The molecule has 0 spiro atoms. The summed E-state index contributed by atoms with van der Waals surface area (Å²) >= 11 is 0. The zero-order chi connectivity index (χ0) is 14.1. The third-order valence-corrected chi connectivity index (χ3v) is 3.45. The maximum Gasteiger partial charge on any atom is 0.223 e. The van der Waals surface area contributed by atoms with E-state index in [4.69, 9.17) is 5.73 Å². The molecule has 5 heteroatoms. The van der Waals surface area contributed by atoms with Gasteiger partial charge in [-0.3, -0.25) is 14.5 Å². The minimum absolute atomic E-state index is 0.156. The molecule has 5 nitrogen and oxygen atoms in total. The van der Waals surface area contributed by atoms with Gasteiger partial charge in [0.05, 0.1) is 23.5 Å². The topological polar surface area (TPSA) is 73.3 Å². The van der Waals surface area contributed by atoms with Crippen molar-refractivity contribution in [1.82, 2.24) is 9.78 Å². The van der Waals surface area contributed by atoms with E-state index in [1.165, 1.54) is 5.56 Å². The first-order valence-corrected chi connectivity index (χ1v) is 6.59. The Kier molecular flexibility index (Phi) is 3.10. The van der Waals surface area contributed by atoms with Gasteiger partial charge in [0.15, 0.2) is 0 Å². The second kappa shape index (κ2) is 4.92. The summed E-state index contributed by atoms with van der Waals surface area (Å²) in [7, 11) is 1.86. The summed E-state index contributed by atoms with van der Waals surface area (Å²) in [4.78, 5) is 15.6. The molecule has 2 aromatic rings. The molecule has 2 heterocycles. The largest absolute Gasteiger partial charge is 0.369 e. The van der Waals surface area contributed by atoms with Crippen LogP contribution in [0.5, 0.6) is 0 Å². The number of hydrogen-bond acceptors (Lipinski definition) is 3. The van der Waals surface area contributed by atoms with Gasteiger partial charge in [-0.25, -0.2) is 0 Å². The normalized spacial score (nSPS) is 13.8. The maximum absolute atomic E-state index is 11.0. The van der Waals surface area contributed by atoms with Crippen LogP contribution < -0.4 is 5.73 Å². The van der Waals surface area contributed by atoms with Crippen LogP contribution in [0.2, 0.25) is 0 Å². The number of carbonyl (C=O) groups excluding carboxylic acids is 1. The van der Waals surface area contributed by atoms with Crippen molar-refractivity contribution in [3.05, 3.63) is 52.8 Å². The molecule has 1 amide bonds. The quantitative estimate of drug-likeness (QED) is 0.896. The Balaban J connectivity index is 2.03. The Morgan fingerprint density at radius 3 is 3.00 bits per heavy atom. The van der Waals surface area contributed by atoms with Crippen LogP contribution in [0.1, 0.15) is 22.5 Å². The molecule has 2 N–H and O–H groups in total. The summed E-state index contributed by atoms with van der Waals surface area (Å²) in [6.07, 6.45) is 1.12. The Morgan fingerprint density at radius 2 is 2.20 bits per heavy atom. The minimum Gasteiger partial charge on any atom is -0.369 e. The monoisotopic (exact) mass is 268 g/mol. The van der Waals surface area contributed by atoms with Gasteiger partial charge in [0, 0.05) is 19.2 Å². The van der Waals surface area contributed by atoms with Crippen molar-refractivity contribution in [1.29, 1.82) is 0 Å². The summed E-state index contributed by atoms with van der Waals surface area (Å²) in [5.41, 5.74) is 10.2. The highest BCUT2D eigenvalue weighted by Gasteiger charge is 2.19.